The van der Waals surface area contributed by atoms with E-state index in [1.54, 1.807) is 0 Å². The van der Waals surface area contributed by atoms with Crippen molar-refractivity contribution in [1.82, 2.24) is 10.2 Å². The topological polar surface area (TPSA) is 15.3 Å². The third-order valence-electron chi connectivity index (χ3n) is 4.16. The molecule has 0 radical (unpaired) electrons. The van der Waals surface area contributed by atoms with Crippen LogP contribution in [0.1, 0.15) is 65.7 Å². The number of hydrogen-bond acceptors (Lipinski definition) is 2. The van der Waals surface area contributed by atoms with E-state index in [1.807, 2.05) is 0 Å². The molecule has 1 rings (SSSR count). The van der Waals surface area contributed by atoms with Gasteiger partial charge in [-0.3, -0.25) is 0 Å². The number of nitrogens with one attached hydrogen (secondary N) is 1. The van der Waals surface area contributed by atoms with Gasteiger partial charge in [0.15, 0.2) is 0 Å². The second-order valence-corrected chi connectivity index (χ2v) is 6.90. The molecular weight excluding hydrogens is 220 g/mol. The fourth-order valence-electron chi connectivity index (χ4n) is 3.16. The summed E-state index contributed by atoms with van der Waals surface area (Å²) in [6.45, 7) is 10.5. The van der Waals surface area contributed by atoms with E-state index in [0.717, 1.165) is 19.1 Å². The van der Waals surface area contributed by atoms with Crippen molar-refractivity contribution in [2.24, 2.45) is 5.41 Å². The van der Waals surface area contributed by atoms with E-state index in [0.29, 0.717) is 5.41 Å². The molecule has 18 heavy (non-hydrogen) atoms. The molecule has 0 saturated heterocycles. The van der Waals surface area contributed by atoms with Crippen LogP contribution in [0.3, 0.4) is 0 Å². The molecule has 1 saturated carbocycles. The first-order valence-electron chi connectivity index (χ1n) is 7.96. The lowest BCUT2D eigenvalue weighted by Gasteiger charge is -2.35. The highest BCUT2D eigenvalue weighted by molar-refractivity contribution is 4.80. The van der Waals surface area contributed by atoms with Gasteiger partial charge in [0, 0.05) is 19.1 Å². The van der Waals surface area contributed by atoms with Gasteiger partial charge in [-0.1, -0.05) is 46.5 Å². The SMILES string of the molecule is CCCNCC(C)(C)CN(C)C1CCCCCC1. The Morgan fingerprint density at radius 2 is 1.72 bits per heavy atom. The summed E-state index contributed by atoms with van der Waals surface area (Å²) in [4.78, 5) is 2.62. The number of rotatable bonds is 7. The van der Waals surface area contributed by atoms with E-state index in [4.69, 9.17) is 0 Å². The Morgan fingerprint density at radius 1 is 1.11 bits per heavy atom. The van der Waals surface area contributed by atoms with Crippen molar-refractivity contribution in [3.05, 3.63) is 0 Å². The zero-order valence-corrected chi connectivity index (χ0v) is 13.1. The Hall–Kier alpha value is -0.0800. The summed E-state index contributed by atoms with van der Waals surface area (Å²) < 4.78 is 0. The predicted octanol–water partition coefficient (Wildman–Crippen LogP) is 3.67. The summed E-state index contributed by atoms with van der Waals surface area (Å²) >= 11 is 0. The van der Waals surface area contributed by atoms with E-state index < -0.39 is 0 Å². The minimum absolute atomic E-state index is 0.385. The Labute approximate surface area is 115 Å². The summed E-state index contributed by atoms with van der Waals surface area (Å²) in [6.07, 6.45) is 9.82. The molecule has 0 unspecified atom stereocenters. The first kappa shape index (κ1) is 16.0. The summed E-state index contributed by atoms with van der Waals surface area (Å²) in [7, 11) is 2.33. The van der Waals surface area contributed by atoms with E-state index in [1.165, 1.54) is 51.5 Å². The summed E-state index contributed by atoms with van der Waals surface area (Å²) in [5, 5.41) is 3.57. The highest BCUT2D eigenvalue weighted by Crippen LogP contribution is 2.24. The Kier molecular flexibility index (Phi) is 7.25. The van der Waals surface area contributed by atoms with Crippen LogP contribution >= 0.6 is 0 Å². The van der Waals surface area contributed by atoms with Crippen molar-refractivity contribution in [1.29, 1.82) is 0 Å². The van der Waals surface area contributed by atoms with Gasteiger partial charge < -0.3 is 10.2 Å². The van der Waals surface area contributed by atoms with Crippen molar-refractivity contribution >= 4 is 0 Å². The van der Waals surface area contributed by atoms with Crippen LogP contribution in [0, 0.1) is 5.41 Å². The maximum Gasteiger partial charge on any atom is 0.00924 e. The Bertz CT molecular complexity index is 205. The first-order chi connectivity index (χ1) is 8.55. The minimum Gasteiger partial charge on any atom is -0.316 e. The van der Waals surface area contributed by atoms with Crippen LogP contribution in [0.15, 0.2) is 0 Å². The summed E-state index contributed by atoms with van der Waals surface area (Å²) in [5.74, 6) is 0. The van der Waals surface area contributed by atoms with Gasteiger partial charge in [0.25, 0.3) is 0 Å². The largest absolute Gasteiger partial charge is 0.316 e. The molecule has 0 aromatic rings. The van der Waals surface area contributed by atoms with Gasteiger partial charge in [-0.25, -0.2) is 0 Å². The van der Waals surface area contributed by atoms with E-state index in [9.17, 15) is 0 Å². The molecule has 2 nitrogen and oxygen atoms in total. The summed E-state index contributed by atoms with van der Waals surface area (Å²) in [6, 6.07) is 0.831. The van der Waals surface area contributed by atoms with Gasteiger partial charge in [-0.2, -0.15) is 0 Å². The average molecular weight is 254 g/mol. The highest BCUT2D eigenvalue weighted by atomic mass is 15.1. The van der Waals surface area contributed by atoms with Crippen molar-refractivity contribution in [3.8, 4) is 0 Å². The van der Waals surface area contributed by atoms with Crippen molar-refractivity contribution in [2.45, 2.75) is 71.8 Å². The molecule has 1 aliphatic rings. The molecule has 0 amide bonds. The predicted molar refractivity (Wildman–Crippen MR) is 81.1 cm³/mol. The van der Waals surface area contributed by atoms with Crippen LogP contribution < -0.4 is 5.32 Å². The van der Waals surface area contributed by atoms with Crippen LogP contribution in [0.5, 0.6) is 0 Å². The summed E-state index contributed by atoms with van der Waals surface area (Å²) in [5.41, 5.74) is 0.385. The van der Waals surface area contributed by atoms with Crippen LogP contribution in [-0.4, -0.2) is 37.6 Å². The van der Waals surface area contributed by atoms with Gasteiger partial charge in [0.2, 0.25) is 0 Å². The van der Waals surface area contributed by atoms with E-state index in [-0.39, 0.29) is 0 Å². The Balaban J connectivity index is 2.33. The van der Waals surface area contributed by atoms with Gasteiger partial charge in [0.05, 0.1) is 0 Å². The third-order valence-corrected chi connectivity index (χ3v) is 4.16. The van der Waals surface area contributed by atoms with Crippen LogP contribution in [0.4, 0.5) is 0 Å². The average Bonchev–Trinajstić information content (AvgIpc) is 2.57. The molecule has 0 spiro atoms. The quantitative estimate of drug-likeness (QED) is 0.551. The van der Waals surface area contributed by atoms with Crippen molar-refractivity contribution in [3.63, 3.8) is 0 Å². The van der Waals surface area contributed by atoms with Gasteiger partial charge >= 0.3 is 0 Å². The monoisotopic (exact) mass is 254 g/mol. The zero-order valence-electron chi connectivity index (χ0n) is 13.1. The van der Waals surface area contributed by atoms with Gasteiger partial charge in [-0.15, -0.1) is 0 Å². The van der Waals surface area contributed by atoms with E-state index in [2.05, 4.69) is 38.0 Å². The minimum atomic E-state index is 0.385. The standard InChI is InChI=1S/C16H34N2/c1-5-12-17-13-16(2,3)14-18(4)15-10-8-6-7-9-11-15/h15,17H,5-14H2,1-4H3. The molecule has 108 valence electrons. The Morgan fingerprint density at radius 3 is 2.28 bits per heavy atom. The zero-order chi connectivity index (χ0) is 13.4. The van der Waals surface area contributed by atoms with Crippen LogP contribution in [-0.2, 0) is 0 Å². The number of hydrogen-bond donors (Lipinski definition) is 1. The number of nitrogens with zero attached hydrogens (tertiary/aromatic N) is 1. The fourth-order valence-corrected chi connectivity index (χ4v) is 3.16. The first-order valence-corrected chi connectivity index (χ1v) is 7.96. The van der Waals surface area contributed by atoms with Gasteiger partial charge in [0.1, 0.15) is 0 Å². The maximum atomic E-state index is 3.57. The maximum absolute atomic E-state index is 3.57. The molecule has 1 fully saturated rings. The highest BCUT2D eigenvalue weighted by Gasteiger charge is 2.24. The van der Waals surface area contributed by atoms with Crippen LogP contribution in [0.2, 0.25) is 0 Å². The fraction of sp³-hybridized carbons (Fsp3) is 1.00. The second kappa shape index (κ2) is 8.16. The normalized spacial score (nSPS) is 19.2. The molecule has 0 bridgehead atoms. The third kappa shape index (κ3) is 6.19. The lowest BCUT2D eigenvalue weighted by molar-refractivity contribution is 0.146. The van der Waals surface area contributed by atoms with E-state index >= 15 is 0 Å². The molecule has 0 aromatic carbocycles. The molecule has 0 heterocycles. The smallest absolute Gasteiger partial charge is 0.00924 e. The molecule has 0 aliphatic heterocycles. The van der Waals surface area contributed by atoms with Crippen LogP contribution in [0.25, 0.3) is 0 Å². The molecule has 1 aliphatic carbocycles. The second-order valence-electron chi connectivity index (χ2n) is 6.90. The molecule has 0 atom stereocenters. The molecule has 2 heteroatoms. The molecule has 0 aromatic heterocycles. The van der Waals surface area contributed by atoms with Crippen molar-refractivity contribution < 1.29 is 0 Å². The molecular formula is C16H34N2. The van der Waals surface area contributed by atoms with Gasteiger partial charge in [-0.05, 0) is 38.3 Å². The molecule has 1 N–H and O–H groups in total. The lowest BCUT2D eigenvalue weighted by atomic mass is 9.91. The lowest BCUT2D eigenvalue weighted by Crippen LogP contribution is -2.43. The van der Waals surface area contributed by atoms with Crippen molar-refractivity contribution in [2.75, 3.05) is 26.7 Å².